The molecule has 1 aliphatic rings. The Morgan fingerprint density at radius 3 is 2.81 bits per heavy atom. The molecule has 0 bridgehead atoms. The van der Waals surface area contributed by atoms with Crippen LogP contribution in [0.15, 0.2) is 0 Å². The average Bonchev–Trinajstić information content (AvgIpc) is 2.58. The van der Waals surface area contributed by atoms with E-state index in [-0.39, 0.29) is 18.0 Å². The summed E-state index contributed by atoms with van der Waals surface area (Å²) in [5.41, 5.74) is 5.93. The predicted octanol–water partition coefficient (Wildman–Crippen LogP) is -0.583. The van der Waals surface area contributed by atoms with Gasteiger partial charge in [0.1, 0.15) is 0 Å². The third kappa shape index (κ3) is 3.43. The van der Waals surface area contributed by atoms with Gasteiger partial charge in [-0.2, -0.15) is 0 Å². The Hall–Kier alpha value is -0.650. The number of amides is 1. The topological polar surface area (TPSA) is 67.6 Å². The Kier molecular flexibility index (Phi) is 5.18. The molecule has 1 rings (SSSR count). The molecule has 1 amide bonds. The first-order valence-corrected chi connectivity index (χ1v) is 5.82. The zero-order valence-corrected chi connectivity index (χ0v) is 10.4. The molecule has 16 heavy (non-hydrogen) atoms. The van der Waals surface area contributed by atoms with Crippen LogP contribution in [0.25, 0.3) is 0 Å². The van der Waals surface area contributed by atoms with Crippen LogP contribution < -0.4 is 11.1 Å². The highest BCUT2D eigenvalue weighted by Gasteiger charge is 2.32. The summed E-state index contributed by atoms with van der Waals surface area (Å²) in [6, 6.07) is 0.0853. The summed E-state index contributed by atoms with van der Waals surface area (Å²) in [6.45, 7) is 6.87. The molecular formula is C11H23N3O2. The molecule has 0 aromatic carbocycles. The van der Waals surface area contributed by atoms with E-state index in [9.17, 15) is 4.79 Å². The normalized spacial score (nSPS) is 28.0. The van der Waals surface area contributed by atoms with Gasteiger partial charge in [0.2, 0.25) is 5.91 Å². The maximum atomic E-state index is 11.8. The summed E-state index contributed by atoms with van der Waals surface area (Å²) in [5, 5.41) is 2.84. The van der Waals surface area contributed by atoms with Gasteiger partial charge < -0.3 is 15.8 Å². The van der Waals surface area contributed by atoms with E-state index in [0.717, 1.165) is 13.1 Å². The van der Waals surface area contributed by atoms with Crippen LogP contribution in [0.2, 0.25) is 0 Å². The van der Waals surface area contributed by atoms with E-state index in [1.54, 1.807) is 7.11 Å². The van der Waals surface area contributed by atoms with E-state index in [0.29, 0.717) is 19.1 Å². The van der Waals surface area contributed by atoms with Gasteiger partial charge in [-0.25, -0.2) is 0 Å². The van der Waals surface area contributed by atoms with E-state index in [1.165, 1.54) is 0 Å². The van der Waals surface area contributed by atoms with Gasteiger partial charge in [-0.3, -0.25) is 9.69 Å². The third-order valence-electron chi connectivity index (χ3n) is 3.23. The second kappa shape index (κ2) is 6.18. The molecule has 0 aromatic rings. The molecule has 0 saturated carbocycles. The molecule has 1 aliphatic heterocycles. The highest BCUT2D eigenvalue weighted by molar-refractivity contribution is 5.81. The Bertz CT molecular complexity index is 225. The minimum atomic E-state index is -0.104. The number of ether oxygens (including phenoxy) is 1. The highest BCUT2D eigenvalue weighted by Crippen LogP contribution is 2.16. The molecule has 1 saturated heterocycles. The minimum Gasteiger partial charge on any atom is -0.383 e. The van der Waals surface area contributed by atoms with Crippen molar-refractivity contribution in [2.24, 2.45) is 11.7 Å². The fraction of sp³-hybridized carbons (Fsp3) is 0.909. The number of nitrogens with one attached hydrogen (secondary N) is 1. The van der Waals surface area contributed by atoms with Gasteiger partial charge in [-0.1, -0.05) is 6.92 Å². The standard InChI is InChI=1S/C11H23N3O2/c1-8-6-14(7-10(8)12)9(2)11(15)13-4-5-16-3/h8-10H,4-7,12H2,1-3H3,(H,13,15). The van der Waals surface area contributed by atoms with Gasteiger partial charge in [0.25, 0.3) is 0 Å². The van der Waals surface area contributed by atoms with Gasteiger partial charge >= 0.3 is 0 Å². The summed E-state index contributed by atoms with van der Waals surface area (Å²) in [5.74, 6) is 0.521. The second-order valence-electron chi connectivity index (χ2n) is 4.55. The lowest BCUT2D eigenvalue weighted by molar-refractivity contribution is -0.125. The number of nitrogens with two attached hydrogens (primary N) is 1. The van der Waals surface area contributed by atoms with E-state index >= 15 is 0 Å². The summed E-state index contributed by atoms with van der Waals surface area (Å²) < 4.78 is 4.88. The van der Waals surface area contributed by atoms with E-state index in [2.05, 4.69) is 17.1 Å². The SMILES string of the molecule is COCCNC(=O)C(C)N1CC(C)C(N)C1. The molecule has 0 aromatic heterocycles. The predicted molar refractivity (Wildman–Crippen MR) is 63.1 cm³/mol. The molecule has 3 atom stereocenters. The fourth-order valence-electron chi connectivity index (χ4n) is 1.94. The fourth-order valence-corrected chi connectivity index (χ4v) is 1.94. The molecule has 0 aliphatic carbocycles. The van der Waals surface area contributed by atoms with Crippen LogP contribution in [0.1, 0.15) is 13.8 Å². The first kappa shape index (κ1) is 13.4. The van der Waals surface area contributed by atoms with E-state index in [1.807, 2.05) is 6.92 Å². The van der Waals surface area contributed by atoms with Crippen LogP contribution >= 0.6 is 0 Å². The van der Waals surface area contributed by atoms with Gasteiger partial charge in [0.05, 0.1) is 12.6 Å². The first-order chi connectivity index (χ1) is 7.56. The second-order valence-corrected chi connectivity index (χ2v) is 4.55. The summed E-state index contributed by atoms with van der Waals surface area (Å²) in [6.07, 6.45) is 0. The average molecular weight is 229 g/mol. The number of carbonyl (C=O) groups is 1. The van der Waals surface area contributed by atoms with Crippen LogP contribution in [-0.4, -0.2) is 56.2 Å². The highest BCUT2D eigenvalue weighted by atomic mass is 16.5. The smallest absolute Gasteiger partial charge is 0.237 e. The number of hydrogen-bond acceptors (Lipinski definition) is 4. The minimum absolute atomic E-state index is 0.0540. The van der Waals surface area contributed by atoms with Crippen LogP contribution in [0.5, 0.6) is 0 Å². The van der Waals surface area contributed by atoms with Crippen molar-refractivity contribution in [2.45, 2.75) is 25.9 Å². The number of carbonyl (C=O) groups excluding carboxylic acids is 1. The number of hydrogen-bond donors (Lipinski definition) is 2. The summed E-state index contributed by atoms with van der Waals surface area (Å²) in [4.78, 5) is 13.9. The number of methoxy groups -OCH3 is 1. The van der Waals surface area contributed by atoms with E-state index < -0.39 is 0 Å². The van der Waals surface area contributed by atoms with Crippen molar-refractivity contribution in [3.63, 3.8) is 0 Å². The van der Waals surface area contributed by atoms with Crippen molar-refractivity contribution in [2.75, 3.05) is 33.4 Å². The lowest BCUT2D eigenvalue weighted by Crippen LogP contribution is -2.45. The zero-order valence-electron chi connectivity index (χ0n) is 10.4. The number of nitrogens with zero attached hydrogens (tertiary/aromatic N) is 1. The van der Waals surface area contributed by atoms with Crippen LogP contribution in [0.3, 0.4) is 0 Å². The maximum absolute atomic E-state index is 11.8. The maximum Gasteiger partial charge on any atom is 0.237 e. The largest absolute Gasteiger partial charge is 0.383 e. The molecule has 5 heteroatoms. The lowest BCUT2D eigenvalue weighted by atomic mass is 10.1. The number of rotatable bonds is 5. The van der Waals surface area contributed by atoms with Crippen molar-refractivity contribution < 1.29 is 9.53 Å². The van der Waals surface area contributed by atoms with Crippen LogP contribution in [-0.2, 0) is 9.53 Å². The van der Waals surface area contributed by atoms with Crippen LogP contribution in [0, 0.1) is 5.92 Å². The van der Waals surface area contributed by atoms with Crippen molar-refractivity contribution in [3.8, 4) is 0 Å². The molecule has 0 spiro atoms. The van der Waals surface area contributed by atoms with Crippen molar-refractivity contribution >= 4 is 5.91 Å². The van der Waals surface area contributed by atoms with Crippen molar-refractivity contribution in [3.05, 3.63) is 0 Å². The lowest BCUT2D eigenvalue weighted by Gasteiger charge is -2.23. The molecule has 3 N–H and O–H groups in total. The molecule has 0 radical (unpaired) electrons. The molecule has 94 valence electrons. The van der Waals surface area contributed by atoms with Crippen LogP contribution in [0.4, 0.5) is 0 Å². The van der Waals surface area contributed by atoms with Crippen molar-refractivity contribution in [1.29, 1.82) is 0 Å². The Morgan fingerprint density at radius 1 is 1.62 bits per heavy atom. The molecular weight excluding hydrogens is 206 g/mol. The van der Waals surface area contributed by atoms with Crippen molar-refractivity contribution in [1.82, 2.24) is 10.2 Å². The van der Waals surface area contributed by atoms with Gasteiger partial charge in [-0.15, -0.1) is 0 Å². The Labute approximate surface area is 97.3 Å². The summed E-state index contributed by atoms with van der Waals surface area (Å²) >= 11 is 0. The van der Waals surface area contributed by atoms with E-state index in [4.69, 9.17) is 10.5 Å². The summed E-state index contributed by atoms with van der Waals surface area (Å²) in [7, 11) is 1.62. The Balaban J connectivity index is 2.33. The quantitative estimate of drug-likeness (QED) is 0.619. The third-order valence-corrected chi connectivity index (χ3v) is 3.23. The monoisotopic (exact) mass is 229 g/mol. The zero-order chi connectivity index (χ0) is 12.1. The number of likely N-dealkylation sites (tertiary alicyclic amines) is 1. The van der Waals surface area contributed by atoms with Gasteiger partial charge in [-0.05, 0) is 12.8 Å². The Morgan fingerprint density at radius 2 is 2.31 bits per heavy atom. The molecule has 1 heterocycles. The van der Waals surface area contributed by atoms with Gasteiger partial charge in [0, 0.05) is 32.8 Å². The molecule has 3 unspecified atom stereocenters. The van der Waals surface area contributed by atoms with Gasteiger partial charge in [0.15, 0.2) is 0 Å². The molecule has 1 fully saturated rings. The molecule has 5 nitrogen and oxygen atoms in total. The first-order valence-electron chi connectivity index (χ1n) is 5.82.